The van der Waals surface area contributed by atoms with Gasteiger partial charge in [-0.05, 0) is 34.1 Å². The Labute approximate surface area is 124 Å². The van der Waals surface area contributed by atoms with Crippen LogP contribution in [0.5, 0.6) is 0 Å². The van der Waals surface area contributed by atoms with Gasteiger partial charge in [-0.2, -0.15) is 0 Å². The summed E-state index contributed by atoms with van der Waals surface area (Å²) in [5, 5.41) is 0. The number of benzene rings is 2. The molecule has 0 aliphatic rings. The molecule has 0 amide bonds. The molecular formula is C13H8Br2F3N. The van der Waals surface area contributed by atoms with Crippen LogP contribution in [-0.4, -0.2) is 0 Å². The van der Waals surface area contributed by atoms with Crippen molar-refractivity contribution in [3.8, 4) is 0 Å². The van der Waals surface area contributed by atoms with E-state index in [1.807, 2.05) is 0 Å². The summed E-state index contributed by atoms with van der Waals surface area (Å²) < 4.78 is 41.9. The first-order chi connectivity index (χ1) is 8.91. The Hall–Kier alpha value is -0.850. The van der Waals surface area contributed by atoms with Gasteiger partial charge in [0, 0.05) is 15.6 Å². The van der Waals surface area contributed by atoms with Crippen molar-refractivity contribution in [2.75, 3.05) is 0 Å². The Kier molecular flexibility index (Phi) is 4.32. The van der Waals surface area contributed by atoms with E-state index in [1.54, 1.807) is 6.07 Å². The highest BCUT2D eigenvalue weighted by Gasteiger charge is 2.22. The summed E-state index contributed by atoms with van der Waals surface area (Å²) in [6.07, 6.45) is 0. The molecule has 0 aliphatic carbocycles. The topological polar surface area (TPSA) is 26.0 Å². The fourth-order valence-corrected chi connectivity index (χ4v) is 2.55. The van der Waals surface area contributed by atoms with Crippen LogP contribution in [-0.2, 0) is 0 Å². The molecule has 0 aliphatic heterocycles. The van der Waals surface area contributed by atoms with Crippen molar-refractivity contribution < 1.29 is 13.2 Å². The molecule has 0 spiro atoms. The van der Waals surface area contributed by atoms with E-state index in [1.165, 1.54) is 12.1 Å². The SMILES string of the molecule is NC(c1cccc(Br)c1F)c1c(F)cc(Br)cc1F. The maximum Gasteiger partial charge on any atom is 0.142 e. The van der Waals surface area contributed by atoms with E-state index < -0.39 is 23.5 Å². The summed E-state index contributed by atoms with van der Waals surface area (Å²) in [5.74, 6) is -2.27. The Morgan fingerprint density at radius 1 is 1.00 bits per heavy atom. The van der Waals surface area contributed by atoms with Gasteiger partial charge in [0.2, 0.25) is 0 Å². The van der Waals surface area contributed by atoms with Gasteiger partial charge in [0.25, 0.3) is 0 Å². The van der Waals surface area contributed by atoms with Crippen LogP contribution >= 0.6 is 31.9 Å². The lowest BCUT2D eigenvalue weighted by atomic mass is 9.98. The van der Waals surface area contributed by atoms with Gasteiger partial charge in [0.1, 0.15) is 17.5 Å². The van der Waals surface area contributed by atoms with Crippen molar-refractivity contribution in [2.24, 2.45) is 5.73 Å². The Morgan fingerprint density at radius 3 is 2.16 bits per heavy atom. The van der Waals surface area contributed by atoms with Gasteiger partial charge in [-0.1, -0.05) is 28.1 Å². The summed E-state index contributed by atoms with van der Waals surface area (Å²) in [7, 11) is 0. The molecule has 1 unspecified atom stereocenters. The van der Waals surface area contributed by atoms with Crippen LogP contribution in [0, 0.1) is 17.5 Å². The number of rotatable bonds is 2. The highest BCUT2D eigenvalue weighted by molar-refractivity contribution is 9.10. The zero-order valence-corrected chi connectivity index (χ0v) is 12.6. The molecule has 0 saturated carbocycles. The molecule has 100 valence electrons. The molecule has 19 heavy (non-hydrogen) atoms. The number of halogens is 5. The van der Waals surface area contributed by atoms with Gasteiger partial charge < -0.3 is 5.73 Å². The quantitative estimate of drug-likeness (QED) is 0.786. The molecular weight excluding hydrogens is 387 g/mol. The monoisotopic (exact) mass is 393 g/mol. The second kappa shape index (κ2) is 5.64. The smallest absolute Gasteiger partial charge is 0.142 e. The first-order valence-electron chi connectivity index (χ1n) is 5.25. The standard InChI is InChI=1S/C13H8Br2F3N/c14-6-4-9(16)11(10(17)5-6)13(19)7-2-1-3-8(15)12(7)18/h1-5,13H,19H2. The third-order valence-corrected chi connectivity index (χ3v) is 3.74. The molecule has 2 aromatic carbocycles. The van der Waals surface area contributed by atoms with Crippen molar-refractivity contribution in [3.63, 3.8) is 0 Å². The summed E-state index contributed by atoms with van der Waals surface area (Å²) in [6, 6.07) is 5.40. The normalized spacial score (nSPS) is 12.5. The van der Waals surface area contributed by atoms with E-state index in [-0.39, 0.29) is 20.1 Å². The minimum atomic E-state index is -1.22. The van der Waals surface area contributed by atoms with Gasteiger partial charge >= 0.3 is 0 Å². The Morgan fingerprint density at radius 2 is 1.58 bits per heavy atom. The van der Waals surface area contributed by atoms with Gasteiger partial charge in [0.15, 0.2) is 0 Å². The molecule has 0 fully saturated rings. The minimum absolute atomic E-state index is 0.0227. The second-order valence-corrected chi connectivity index (χ2v) is 5.67. The molecule has 2 N–H and O–H groups in total. The lowest BCUT2D eigenvalue weighted by Crippen LogP contribution is -2.17. The number of hydrogen-bond acceptors (Lipinski definition) is 1. The average Bonchev–Trinajstić information content (AvgIpc) is 2.31. The van der Waals surface area contributed by atoms with Crippen molar-refractivity contribution in [1.82, 2.24) is 0 Å². The molecule has 0 radical (unpaired) electrons. The van der Waals surface area contributed by atoms with Crippen LogP contribution in [0.4, 0.5) is 13.2 Å². The summed E-state index contributed by atoms with van der Waals surface area (Å²) in [6.45, 7) is 0. The molecule has 0 saturated heterocycles. The zero-order valence-electron chi connectivity index (χ0n) is 9.43. The third-order valence-electron chi connectivity index (χ3n) is 2.67. The van der Waals surface area contributed by atoms with E-state index in [0.29, 0.717) is 0 Å². The van der Waals surface area contributed by atoms with E-state index in [4.69, 9.17) is 5.73 Å². The molecule has 1 atom stereocenters. The molecule has 6 heteroatoms. The molecule has 1 nitrogen and oxygen atoms in total. The van der Waals surface area contributed by atoms with Gasteiger partial charge in [-0.25, -0.2) is 13.2 Å². The van der Waals surface area contributed by atoms with Crippen molar-refractivity contribution >= 4 is 31.9 Å². The highest BCUT2D eigenvalue weighted by atomic mass is 79.9. The predicted octanol–water partition coefficient (Wildman–Crippen LogP) is 4.68. The van der Waals surface area contributed by atoms with Crippen LogP contribution in [0.2, 0.25) is 0 Å². The van der Waals surface area contributed by atoms with Crippen LogP contribution < -0.4 is 5.73 Å². The molecule has 2 rings (SSSR count). The second-order valence-electron chi connectivity index (χ2n) is 3.90. The Bertz CT molecular complexity index is 608. The lowest BCUT2D eigenvalue weighted by molar-refractivity contribution is 0.531. The van der Waals surface area contributed by atoms with E-state index in [9.17, 15) is 13.2 Å². The summed E-state index contributed by atoms with van der Waals surface area (Å²) in [4.78, 5) is 0. The predicted molar refractivity (Wildman–Crippen MR) is 74.2 cm³/mol. The van der Waals surface area contributed by atoms with Crippen molar-refractivity contribution in [1.29, 1.82) is 0 Å². The number of hydrogen-bond donors (Lipinski definition) is 1. The van der Waals surface area contributed by atoms with E-state index >= 15 is 0 Å². The fourth-order valence-electron chi connectivity index (χ4n) is 1.77. The van der Waals surface area contributed by atoms with Crippen molar-refractivity contribution in [3.05, 3.63) is 67.9 Å². The van der Waals surface area contributed by atoms with Crippen LogP contribution in [0.1, 0.15) is 17.2 Å². The van der Waals surface area contributed by atoms with E-state index in [0.717, 1.165) is 12.1 Å². The maximum absolute atomic E-state index is 13.9. The molecule has 0 heterocycles. The van der Waals surface area contributed by atoms with Gasteiger partial charge in [0.05, 0.1) is 10.5 Å². The van der Waals surface area contributed by atoms with Crippen LogP contribution in [0.15, 0.2) is 39.3 Å². The fraction of sp³-hybridized carbons (Fsp3) is 0.0769. The molecule has 0 aromatic heterocycles. The van der Waals surface area contributed by atoms with Crippen LogP contribution in [0.25, 0.3) is 0 Å². The zero-order chi connectivity index (χ0) is 14.2. The van der Waals surface area contributed by atoms with Gasteiger partial charge in [-0.15, -0.1) is 0 Å². The first kappa shape index (κ1) is 14.6. The maximum atomic E-state index is 13.9. The Balaban J connectivity index is 2.56. The first-order valence-corrected chi connectivity index (χ1v) is 6.84. The highest BCUT2D eigenvalue weighted by Crippen LogP contribution is 2.31. The summed E-state index contributed by atoms with van der Waals surface area (Å²) >= 11 is 5.99. The summed E-state index contributed by atoms with van der Waals surface area (Å²) in [5.41, 5.74) is 5.44. The van der Waals surface area contributed by atoms with E-state index in [2.05, 4.69) is 31.9 Å². The third kappa shape index (κ3) is 2.85. The number of nitrogens with two attached hydrogens (primary N) is 1. The lowest BCUT2D eigenvalue weighted by Gasteiger charge is -2.16. The molecule has 0 bridgehead atoms. The van der Waals surface area contributed by atoms with Gasteiger partial charge in [-0.3, -0.25) is 0 Å². The van der Waals surface area contributed by atoms with Crippen LogP contribution in [0.3, 0.4) is 0 Å². The van der Waals surface area contributed by atoms with Crippen molar-refractivity contribution in [2.45, 2.75) is 6.04 Å². The largest absolute Gasteiger partial charge is 0.320 e. The minimum Gasteiger partial charge on any atom is -0.320 e. The molecule has 2 aromatic rings. The average molecular weight is 395 g/mol.